The maximum absolute atomic E-state index is 13.0. The summed E-state index contributed by atoms with van der Waals surface area (Å²) in [7, 11) is 0. The number of carbonyl (C=O) groups excluding carboxylic acids is 3. The second-order valence-electron chi connectivity index (χ2n) is 10.5. The molecule has 2 bridgehead atoms. The Morgan fingerprint density at radius 3 is 2.62 bits per heavy atom. The summed E-state index contributed by atoms with van der Waals surface area (Å²) in [4.78, 5) is 48.6. The van der Waals surface area contributed by atoms with Crippen molar-refractivity contribution in [2.24, 2.45) is 17.6 Å². The van der Waals surface area contributed by atoms with Gasteiger partial charge in [0.15, 0.2) is 0 Å². The fraction of sp³-hybridized carbons (Fsp3) is 0.593. The molecular weight excluding hydrogens is 474 g/mol. The summed E-state index contributed by atoms with van der Waals surface area (Å²) in [5.41, 5.74) is 7.94. The third-order valence-corrected chi connectivity index (χ3v) is 8.00. The maximum atomic E-state index is 13.0. The number of benzene rings is 1. The molecule has 3 aliphatic rings. The summed E-state index contributed by atoms with van der Waals surface area (Å²) < 4.78 is 12.0. The lowest BCUT2D eigenvalue weighted by Gasteiger charge is -2.24. The van der Waals surface area contributed by atoms with Crippen LogP contribution in [-0.4, -0.2) is 64.1 Å². The SMILES string of the molecule is CC1CCC2OC(=O)NCC(=O)N3CC(CC3C(N)=O)Oc3nc4ccccc4nc3CCCCCC12. The first-order valence-corrected chi connectivity index (χ1v) is 13.3. The van der Waals surface area contributed by atoms with Gasteiger partial charge in [-0.3, -0.25) is 9.59 Å². The minimum Gasteiger partial charge on any atom is -0.471 e. The van der Waals surface area contributed by atoms with Gasteiger partial charge in [-0.05, 0) is 56.1 Å². The number of hydrogen-bond donors (Lipinski definition) is 2. The molecule has 37 heavy (non-hydrogen) atoms. The van der Waals surface area contributed by atoms with Crippen LogP contribution < -0.4 is 15.8 Å². The normalized spacial score (nSPS) is 29.3. The molecule has 10 heteroatoms. The van der Waals surface area contributed by atoms with Crippen molar-refractivity contribution in [1.29, 1.82) is 0 Å². The third kappa shape index (κ3) is 5.62. The Hall–Kier alpha value is -3.43. The number of nitrogens with zero attached hydrogens (tertiary/aromatic N) is 3. The van der Waals surface area contributed by atoms with E-state index in [4.69, 9.17) is 25.2 Å². The second kappa shape index (κ2) is 10.9. The number of nitrogens with one attached hydrogen (secondary N) is 1. The van der Waals surface area contributed by atoms with E-state index in [0.29, 0.717) is 24.1 Å². The van der Waals surface area contributed by atoms with Gasteiger partial charge < -0.3 is 25.4 Å². The number of rotatable bonds is 1. The average molecular weight is 510 g/mol. The van der Waals surface area contributed by atoms with Crippen molar-refractivity contribution in [1.82, 2.24) is 20.2 Å². The molecule has 2 aliphatic heterocycles. The molecule has 1 aliphatic carbocycles. The standard InChI is InChI=1S/C27H35N5O5/c1-16-11-12-23-18(16)7-3-2-4-10-21-26(31-20-9-6-5-8-19(20)30-21)36-17-13-22(25(28)34)32(15-17)24(33)14-29-27(35)37-23/h5-6,8-9,16-18,22-23H,2-4,7,10-15H2,1H3,(H2,28,34)(H,29,35). The molecule has 2 aromatic rings. The minimum atomic E-state index is -0.825. The first kappa shape index (κ1) is 25.2. The Labute approximate surface area is 216 Å². The van der Waals surface area contributed by atoms with Crippen molar-refractivity contribution in [3.8, 4) is 5.88 Å². The number of aryl methyl sites for hydroxylation is 1. The zero-order chi connectivity index (χ0) is 25.9. The molecule has 198 valence electrons. The van der Waals surface area contributed by atoms with E-state index in [1.165, 1.54) is 4.90 Å². The van der Waals surface area contributed by atoms with Crippen molar-refractivity contribution in [2.75, 3.05) is 13.1 Å². The van der Waals surface area contributed by atoms with Crippen LogP contribution in [0.4, 0.5) is 4.79 Å². The second-order valence-corrected chi connectivity index (χ2v) is 10.5. The highest BCUT2D eigenvalue weighted by atomic mass is 16.6. The summed E-state index contributed by atoms with van der Waals surface area (Å²) in [5, 5.41) is 2.57. The molecule has 5 rings (SSSR count). The van der Waals surface area contributed by atoms with Crippen LogP contribution in [0.25, 0.3) is 11.0 Å². The summed E-state index contributed by atoms with van der Waals surface area (Å²) in [6, 6.07) is 6.83. The van der Waals surface area contributed by atoms with Crippen molar-refractivity contribution < 1.29 is 23.9 Å². The van der Waals surface area contributed by atoms with Gasteiger partial charge >= 0.3 is 6.09 Å². The van der Waals surface area contributed by atoms with E-state index in [1.807, 2.05) is 24.3 Å². The summed E-state index contributed by atoms with van der Waals surface area (Å²) in [5.74, 6) is 0.204. The number of fused-ring (bicyclic) bond motifs is 5. The summed E-state index contributed by atoms with van der Waals surface area (Å²) in [6.07, 6.45) is 5.56. The largest absolute Gasteiger partial charge is 0.471 e. The monoisotopic (exact) mass is 509 g/mol. The van der Waals surface area contributed by atoms with E-state index in [9.17, 15) is 14.4 Å². The van der Waals surface area contributed by atoms with Crippen LogP contribution in [0.5, 0.6) is 5.88 Å². The smallest absolute Gasteiger partial charge is 0.407 e. The van der Waals surface area contributed by atoms with E-state index in [-0.39, 0.29) is 25.6 Å². The van der Waals surface area contributed by atoms with Crippen LogP contribution in [-0.2, 0) is 20.7 Å². The Bertz CT molecular complexity index is 1170. The molecule has 0 radical (unpaired) electrons. The molecule has 1 aromatic carbocycles. The number of aromatic nitrogens is 2. The Kier molecular flexibility index (Phi) is 7.43. The molecule has 1 saturated carbocycles. The molecule has 1 saturated heterocycles. The Morgan fingerprint density at radius 2 is 1.84 bits per heavy atom. The van der Waals surface area contributed by atoms with E-state index in [0.717, 1.165) is 55.3 Å². The van der Waals surface area contributed by atoms with Gasteiger partial charge in [0.2, 0.25) is 17.7 Å². The number of alkyl carbamates (subject to hydrolysis) is 1. The molecular formula is C27H35N5O5. The van der Waals surface area contributed by atoms with Gasteiger partial charge in [0, 0.05) is 6.42 Å². The number of primary amides is 1. The fourth-order valence-electron chi connectivity index (χ4n) is 5.98. The molecule has 5 unspecified atom stereocenters. The molecule has 1 aromatic heterocycles. The quantitative estimate of drug-likeness (QED) is 0.603. The van der Waals surface area contributed by atoms with Crippen molar-refractivity contribution >= 4 is 28.9 Å². The molecule has 3 amide bonds. The topological polar surface area (TPSA) is 137 Å². The number of para-hydroxylation sites is 2. The lowest BCUT2D eigenvalue weighted by Crippen LogP contribution is -2.48. The number of amides is 3. The zero-order valence-corrected chi connectivity index (χ0v) is 21.2. The first-order valence-electron chi connectivity index (χ1n) is 13.3. The highest BCUT2D eigenvalue weighted by molar-refractivity contribution is 5.89. The lowest BCUT2D eigenvalue weighted by atomic mass is 9.90. The Balaban J connectivity index is 1.41. The lowest BCUT2D eigenvalue weighted by molar-refractivity contribution is -0.136. The van der Waals surface area contributed by atoms with Crippen molar-refractivity contribution in [3.63, 3.8) is 0 Å². The van der Waals surface area contributed by atoms with Gasteiger partial charge in [0.05, 0.1) is 17.6 Å². The molecule has 2 fully saturated rings. The van der Waals surface area contributed by atoms with Crippen LogP contribution in [0.15, 0.2) is 24.3 Å². The average Bonchev–Trinajstić information content (AvgIpc) is 3.45. The van der Waals surface area contributed by atoms with Gasteiger partial charge in [-0.15, -0.1) is 0 Å². The molecule has 5 atom stereocenters. The predicted molar refractivity (Wildman–Crippen MR) is 136 cm³/mol. The Morgan fingerprint density at radius 1 is 1.05 bits per heavy atom. The van der Waals surface area contributed by atoms with E-state index in [1.54, 1.807) is 0 Å². The number of ether oxygens (including phenoxy) is 2. The number of nitrogens with two attached hydrogens (primary N) is 1. The van der Waals surface area contributed by atoms with Gasteiger partial charge in [-0.25, -0.2) is 14.8 Å². The van der Waals surface area contributed by atoms with Gasteiger partial charge in [0.25, 0.3) is 0 Å². The fourth-order valence-corrected chi connectivity index (χ4v) is 5.98. The van der Waals surface area contributed by atoms with Crippen LogP contribution in [0, 0.1) is 11.8 Å². The molecule has 3 N–H and O–H groups in total. The van der Waals surface area contributed by atoms with E-state index >= 15 is 0 Å². The predicted octanol–water partition coefficient (Wildman–Crippen LogP) is 2.72. The minimum absolute atomic E-state index is 0.148. The van der Waals surface area contributed by atoms with Crippen LogP contribution in [0.3, 0.4) is 0 Å². The van der Waals surface area contributed by atoms with Crippen molar-refractivity contribution in [2.45, 2.75) is 76.5 Å². The highest BCUT2D eigenvalue weighted by Crippen LogP contribution is 2.37. The van der Waals surface area contributed by atoms with Gasteiger partial charge in [-0.1, -0.05) is 31.9 Å². The summed E-state index contributed by atoms with van der Waals surface area (Å²) in [6.45, 7) is 2.10. The number of hydrogen-bond acceptors (Lipinski definition) is 7. The van der Waals surface area contributed by atoms with Gasteiger partial charge in [-0.2, -0.15) is 0 Å². The maximum Gasteiger partial charge on any atom is 0.407 e. The van der Waals surface area contributed by atoms with E-state index < -0.39 is 30.1 Å². The van der Waals surface area contributed by atoms with Gasteiger partial charge in [0.1, 0.15) is 30.5 Å². The van der Waals surface area contributed by atoms with Crippen molar-refractivity contribution in [3.05, 3.63) is 30.0 Å². The highest BCUT2D eigenvalue weighted by Gasteiger charge is 2.41. The molecule has 3 heterocycles. The summed E-state index contributed by atoms with van der Waals surface area (Å²) >= 11 is 0. The van der Waals surface area contributed by atoms with Crippen LogP contribution in [0.2, 0.25) is 0 Å². The van der Waals surface area contributed by atoms with E-state index in [2.05, 4.69) is 12.2 Å². The zero-order valence-electron chi connectivity index (χ0n) is 21.2. The van der Waals surface area contributed by atoms with Crippen LogP contribution >= 0.6 is 0 Å². The molecule has 0 spiro atoms. The van der Waals surface area contributed by atoms with Crippen LogP contribution in [0.1, 0.15) is 57.6 Å². The number of carbonyl (C=O) groups is 3. The first-order chi connectivity index (χ1) is 17.9. The molecule has 10 nitrogen and oxygen atoms in total. The third-order valence-electron chi connectivity index (χ3n) is 8.00.